The summed E-state index contributed by atoms with van der Waals surface area (Å²) in [6.07, 6.45) is 3.39. The zero-order valence-electron chi connectivity index (χ0n) is 11.5. The summed E-state index contributed by atoms with van der Waals surface area (Å²) >= 11 is 6.27. The van der Waals surface area contributed by atoms with Gasteiger partial charge in [-0.3, -0.25) is 0 Å². The third-order valence-corrected chi connectivity index (χ3v) is 3.53. The van der Waals surface area contributed by atoms with E-state index in [1.807, 2.05) is 24.3 Å². The molecule has 4 nitrogen and oxygen atoms in total. The second kappa shape index (κ2) is 6.57. The first-order chi connectivity index (χ1) is 9.67. The first-order valence-corrected chi connectivity index (χ1v) is 6.92. The Labute approximate surface area is 123 Å². The molecular weight excluding hydrogens is 276 g/mol. The number of rotatable bonds is 5. The minimum atomic E-state index is -0.418. The van der Waals surface area contributed by atoms with Gasteiger partial charge in [0.05, 0.1) is 13.3 Å². The molecule has 0 aliphatic carbocycles. The summed E-state index contributed by atoms with van der Waals surface area (Å²) in [7, 11) is 1.35. The van der Waals surface area contributed by atoms with Crippen LogP contribution in [0, 0.1) is 0 Å². The van der Waals surface area contributed by atoms with Gasteiger partial charge in [0.25, 0.3) is 0 Å². The van der Waals surface area contributed by atoms with Gasteiger partial charge in [-0.25, -0.2) is 9.78 Å². The van der Waals surface area contributed by atoms with Crippen molar-refractivity contribution >= 4 is 17.6 Å². The van der Waals surface area contributed by atoms with Gasteiger partial charge in [-0.2, -0.15) is 0 Å². The number of imidazole rings is 1. The number of carbonyl (C=O) groups excluding carboxylic acids is 1. The van der Waals surface area contributed by atoms with Crippen LogP contribution in [0.25, 0.3) is 0 Å². The van der Waals surface area contributed by atoms with E-state index in [-0.39, 0.29) is 5.92 Å². The number of aromatic nitrogens is 2. The molecular formula is C15H17ClN2O2. The Hall–Kier alpha value is -1.81. The van der Waals surface area contributed by atoms with Crippen LogP contribution in [-0.2, 0) is 4.74 Å². The molecule has 0 amide bonds. The number of benzene rings is 1. The molecule has 0 saturated heterocycles. The first-order valence-electron chi connectivity index (χ1n) is 6.55. The lowest BCUT2D eigenvalue weighted by Gasteiger charge is -2.15. The van der Waals surface area contributed by atoms with Crippen molar-refractivity contribution in [2.24, 2.45) is 0 Å². The number of methoxy groups -OCH3 is 1. The SMILES string of the molecule is CCCC(c1ncc(C(=O)OC)[nH]1)c1ccccc1Cl. The van der Waals surface area contributed by atoms with E-state index >= 15 is 0 Å². The van der Waals surface area contributed by atoms with Crippen LogP contribution in [0.3, 0.4) is 0 Å². The van der Waals surface area contributed by atoms with Crippen molar-refractivity contribution in [3.63, 3.8) is 0 Å². The predicted octanol–water partition coefficient (Wildman–Crippen LogP) is 3.78. The highest BCUT2D eigenvalue weighted by molar-refractivity contribution is 6.31. The average molecular weight is 293 g/mol. The number of carbonyl (C=O) groups is 1. The number of hydrogen-bond acceptors (Lipinski definition) is 3. The quantitative estimate of drug-likeness (QED) is 0.853. The fourth-order valence-corrected chi connectivity index (χ4v) is 2.48. The molecule has 2 rings (SSSR count). The number of esters is 1. The number of ether oxygens (including phenoxy) is 1. The summed E-state index contributed by atoms with van der Waals surface area (Å²) in [6.45, 7) is 2.11. The minimum Gasteiger partial charge on any atom is -0.464 e. The molecule has 0 bridgehead atoms. The Balaban J connectivity index is 2.36. The van der Waals surface area contributed by atoms with Crippen LogP contribution in [0.4, 0.5) is 0 Å². The monoisotopic (exact) mass is 292 g/mol. The Morgan fingerprint density at radius 2 is 2.20 bits per heavy atom. The van der Waals surface area contributed by atoms with E-state index in [0.717, 1.165) is 24.2 Å². The lowest BCUT2D eigenvalue weighted by Crippen LogP contribution is -2.06. The maximum absolute atomic E-state index is 11.5. The minimum absolute atomic E-state index is 0.0482. The van der Waals surface area contributed by atoms with Crippen molar-refractivity contribution in [2.75, 3.05) is 7.11 Å². The van der Waals surface area contributed by atoms with Crippen molar-refractivity contribution < 1.29 is 9.53 Å². The molecule has 0 saturated carbocycles. The van der Waals surface area contributed by atoms with Crippen molar-refractivity contribution in [1.82, 2.24) is 9.97 Å². The molecule has 0 aliphatic heterocycles. The Kier molecular flexibility index (Phi) is 4.79. The highest BCUT2D eigenvalue weighted by Crippen LogP contribution is 2.32. The van der Waals surface area contributed by atoms with E-state index in [4.69, 9.17) is 11.6 Å². The van der Waals surface area contributed by atoms with Crippen LogP contribution in [0.5, 0.6) is 0 Å². The molecule has 1 aromatic carbocycles. The number of nitrogens with one attached hydrogen (secondary N) is 1. The van der Waals surface area contributed by atoms with Crippen molar-refractivity contribution in [1.29, 1.82) is 0 Å². The molecule has 1 atom stereocenters. The Bertz CT molecular complexity index is 595. The Morgan fingerprint density at radius 1 is 1.45 bits per heavy atom. The summed E-state index contributed by atoms with van der Waals surface area (Å²) in [5.74, 6) is 0.366. The van der Waals surface area contributed by atoms with Crippen molar-refractivity contribution in [3.05, 3.63) is 52.6 Å². The van der Waals surface area contributed by atoms with Crippen LogP contribution in [0.1, 0.15) is 47.6 Å². The number of halogens is 1. The summed E-state index contributed by atoms with van der Waals surface area (Å²) < 4.78 is 4.68. The van der Waals surface area contributed by atoms with E-state index in [2.05, 4.69) is 21.6 Å². The van der Waals surface area contributed by atoms with Gasteiger partial charge >= 0.3 is 5.97 Å². The predicted molar refractivity (Wildman–Crippen MR) is 78.1 cm³/mol. The molecule has 20 heavy (non-hydrogen) atoms. The molecule has 0 fully saturated rings. The molecule has 1 heterocycles. The molecule has 106 valence electrons. The molecule has 2 aromatic rings. The largest absolute Gasteiger partial charge is 0.464 e. The number of aromatic amines is 1. The van der Waals surface area contributed by atoms with Crippen LogP contribution in [-0.4, -0.2) is 23.0 Å². The van der Waals surface area contributed by atoms with Crippen molar-refractivity contribution in [3.8, 4) is 0 Å². The third kappa shape index (κ3) is 3.02. The molecule has 0 radical (unpaired) electrons. The van der Waals surface area contributed by atoms with Crippen LogP contribution in [0.15, 0.2) is 30.5 Å². The zero-order chi connectivity index (χ0) is 14.5. The van der Waals surface area contributed by atoms with E-state index in [0.29, 0.717) is 10.7 Å². The topological polar surface area (TPSA) is 55.0 Å². The second-order valence-corrected chi connectivity index (χ2v) is 4.94. The van der Waals surface area contributed by atoms with Gasteiger partial charge in [-0.05, 0) is 18.1 Å². The molecule has 0 spiro atoms. The van der Waals surface area contributed by atoms with E-state index in [1.165, 1.54) is 13.3 Å². The summed E-state index contributed by atoms with van der Waals surface area (Å²) in [4.78, 5) is 18.8. The summed E-state index contributed by atoms with van der Waals surface area (Å²) in [5, 5.41) is 0.710. The number of nitrogens with zero attached hydrogens (tertiary/aromatic N) is 1. The van der Waals surface area contributed by atoms with Gasteiger partial charge in [0.2, 0.25) is 0 Å². The van der Waals surface area contributed by atoms with Crippen LogP contribution >= 0.6 is 11.6 Å². The number of H-pyrrole nitrogens is 1. The average Bonchev–Trinajstić information content (AvgIpc) is 2.94. The second-order valence-electron chi connectivity index (χ2n) is 4.54. The van der Waals surface area contributed by atoms with Crippen LogP contribution < -0.4 is 0 Å². The summed E-state index contributed by atoms with van der Waals surface area (Å²) in [6, 6.07) is 7.71. The zero-order valence-corrected chi connectivity index (χ0v) is 12.3. The smallest absolute Gasteiger partial charge is 0.356 e. The fourth-order valence-electron chi connectivity index (χ4n) is 2.21. The van der Waals surface area contributed by atoms with Crippen LogP contribution in [0.2, 0.25) is 5.02 Å². The van der Waals surface area contributed by atoms with Gasteiger partial charge in [0, 0.05) is 10.9 Å². The fraction of sp³-hybridized carbons (Fsp3) is 0.333. The van der Waals surface area contributed by atoms with E-state index in [9.17, 15) is 4.79 Å². The van der Waals surface area contributed by atoms with Gasteiger partial charge in [-0.1, -0.05) is 43.1 Å². The highest BCUT2D eigenvalue weighted by Gasteiger charge is 2.20. The van der Waals surface area contributed by atoms with Gasteiger partial charge in [-0.15, -0.1) is 0 Å². The van der Waals surface area contributed by atoms with E-state index < -0.39 is 5.97 Å². The number of hydrogen-bond donors (Lipinski definition) is 1. The normalized spacial score (nSPS) is 12.2. The van der Waals surface area contributed by atoms with Crippen molar-refractivity contribution in [2.45, 2.75) is 25.7 Å². The Morgan fingerprint density at radius 3 is 2.85 bits per heavy atom. The third-order valence-electron chi connectivity index (χ3n) is 3.19. The standard InChI is InChI=1S/C15H17ClN2O2/c1-3-6-11(10-7-4-5-8-12(10)16)14-17-9-13(18-14)15(19)20-2/h4-5,7-9,11H,3,6H2,1-2H3,(H,17,18). The maximum Gasteiger partial charge on any atom is 0.356 e. The van der Waals surface area contributed by atoms with Gasteiger partial charge in [0.15, 0.2) is 0 Å². The lowest BCUT2D eigenvalue weighted by atomic mass is 9.94. The molecule has 1 unspecified atom stereocenters. The molecule has 1 N–H and O–H groups in total. The maximum atomic E-state index is 11.5. The first kappa shape index (κ1) is 14.6. The highest BCUT2D eigenvalue weighted by atomic mass is 35.5. The molecule has 1 aromatic heterocycles. The lowest BCUT2D eigenvalue weighted by molar-refractivity contribution is 0.0594. The van der Waals surface area contributed by atoms with E-state index in [1.54, 1.807) is 0 Å². The molecule has 0 aliphatic rings. The van der Waals surface area contributed by atoms with Gasteiger partial charge < -0.3 is 9.72 Å². The summed E-state index contributed by atoms with van der Waals surface area (Å²) in [5.41, 5.74) is 1.37. The van der Waals surface area contributed by atoms with Gasteiger partial charge in [0.1, 0.15) is 11.5 Å². The molecule has 5 heteroatoms.